The summed E-state index contributed by atoms with van der Waals surface area (Å²) in [6.07, 6.45) is 1.10. The quantitative estimate of drug-likeness (QED) is 0.584. The van der Waals surface area contributed by atoms with Gasteiger partial charge in [0.15, 0.2) is 0 Å². The number of hydrogen-bond acceptors (Lipinski definition) is 2. The first-order valence-electron chi connectivity index (χ1n) is 5.39. The molecule has 1 aliphatic rings. The lowest BCUT2D eigenvalue weighted by molar-refractivity contribution is -0.139. The van der Waals surface area contributed by atoms with Gasteiger partial charge in [0.1, 0.15) is 0 Å². The third-order valence-electron chi connectivity index (χ3n) is 2.65. The average Bonchev–Trinajstić information content (AvgIpc) is 2.27. The summed E-state index contributed by atoms with van der Waals surface area (Å²) in [5, 5.41) is 0. The summed E-state index contributed by atoms with van der Waals surface area (Å²) in [7, 11) is 2.12. The smallest absolute Gasteiger partial charge is 0.227 e. The molecule has 0 atom stereocenters. The molecule has 14 heavy (non-hydrogen) atoms. The zero-order chi connectivity index (χ0) is 10.8. The van der Waals surface area contributed by atoms with E-state index in [1.165, 1.54) is 0 Å². The minimum absolute atomic E-state index is 0.233. The number of carbonyl (C=O) groups excluding carboxylic acids is 1. The van der Waals surface area contributed by atoms with Crippen molar-refractivity contribution in [3.05, 3.63) is 0 Å². The Bertz CT molecular complexity index is 208. The lowest BCUT2D eigenvalue weighted by Crippen LogP contribution is -2.41. The van der Waals surface area contributed by atoms with Crippen LogP contribution in [0.1, 0.15) is 27.2 Å². The van der Waals surface area contributed by atoms with Crippen LogP contribution in [0.3, 0.4) is 0 Å². The van der Waals surface area contributed by atoms with Crippen LogP contribution >= 0.6 is 0 Å². The topological polar surface area (TPSA) is 23.6 Å². The van der Waals surface area contributed by atoms with Gasteiger partial charge in [-0.25, -0.2) is 0 Å². The first kappa shape index (κ1) is 11.5. The van der Waals surface area contributed by atoms with E-state index in [1.807, 2.05) is 25.7 Å². The molecule has 1 heterocycles. The van der Waals surface area contributed by atoms with Crippen molar-refractivity contribution in [2.24, 2.45) is 5.41 Å². The summed E-state index contributed by atoms with van der Waals surface area (Å²) in [6.45, 7) is 9.88. The van der Waals surface area contributed by atoms with Crippen LogP contribution in [0.2, 0.25) is 0 Å². The Labute approximate surface area is 87.1 Å². The molecule has 0 aliphatic carbocycles. The van der Waals surface area contributed by atoms with E-state index in [4.69, 9.17) is 0 Å². The predicted octanol–water partition coefficient (Wildman–Crippen LogP) is 1.20. The SMILES string of the molecule is CN1CCCN(C(=O)C(C)(C)C)CC1. The van der Waals surface area contributed by atoms with Crippen LogP contribution in [-0.4, -0.2) is 48.9 Å². The highest BCUT2D eigenvalue weighted by atomic mass is 16.2. The van der Waals surface area contributed by atoms with Crippen molar-refractivity contribution in [1.29, 1.82) is 0 Å². The fourth-order valence-electron chi connectivity index (χ4n) is 1.72. The summed E-state index contributed by atoms with van der Waals surface area (Å²) < 4.78 is 0. The van der Waals surface area contributed by atoms with E-state index < -0.39 is 0 Å². The van der Waals surface area contributed by atoms with Crippen LogP contribution < -0.4 is 0 Å². The molecule has 0 radical (unpaired) electrons. The first-order chi connectivity index (χ1) is 6.41. The summed E-state index contributed by atoms with van der Waals surface area (Å²) in [6, 6.07) is 0. The van der Waals surface area contributed by atoms with Crippen LogP contribution in [0.5, 0.6) is 0 Å². The van der Waals surface area contributed by atoms with Crippen molar-refractivity contribution in [3.8, 4) is 0 Å². The molecule has 0 unspecified atom stereocenters. The van der Waals surface area contributed by atoms with Gasteiger partial charge in [-0.15, -0.1) is 0 Å². The monoisotopic (exact) mass is 198 g/mol. The van der Waals surface area contributed by atoms with Gasteiger partial charge in [-0.2, -0.15) is 0 Å². The number of amides is 1. The molecule has 0 bridgehead atoms. The molecule has 0 aromatic heterocycles. The van der Waals surface area contributed by atoms with Gasteiger partial charge in [0.05, 0.1) is 0 Å². The van der Waals surface area contributed by atoms with E-state index in [0.29, 0.717) is 0 Å². The van der Waals surface area contributed by atoms with Gasteiger partial charge in [-0.1, -0.05) is 20.8 Å². The highest BCUT2D eigenvalue weighted by molar-refractivity contribution is 5.81. The molecule has 0 aromatic rings. The Kier molecular flexibility index (Phi) is 3.53. The molecule has 82 valence electrons. The molecular formula is C11H22N2O. The first-order valence-corrected chi connectivity index (χ1v) is 5.39. The molecule has 1 saturated heterocycles. The normalized spacial score (nSPS) is 20.7. The number of likely N-dealkylation sites (N-methyl/N-ethyl adjacent to an activating group) is 1. The molecule has 1 rings (SSSR count). The van der Waals surface area contributed by atoms with Crippen molar-refractivity contribution in [2.75, 3.05) is 33.2 Å². The summed E-state index contributed by atoms with van der Waals surface area (Å²) in [4.78, 5) is 16.3. The zero-order valence-corrected chi connectivity index (χ0v) is 9.84. The van der Waals surface area contributed by atoms with E-state index in [9.17, 15) is 4.79 Å². The molecule has 0 saturated carbocycles. The van der Waals surface area contributed by atoms with E-state index >= 15 is 0 Å². The maximum atomic E-state index is 12.0. The Hall–Kier alpha value is -0.570. The van der Waals surface area contributed by atoms with Gasteiger partial charge in [-0.05, 0) is 20.0 Å². The summed E-state index contributed by atoms with van der Waals surface area (Å²) in [5.41, 5.74) is -0.233. The van der Waals surface area contributed by atoms with Gasteiger partial charge in [-0.3, -0.25) is 4.79 Å². The van der Waals surface area contributed by atoms with Gasteiger partial charge >= 0.3 is 0 Å². The van der Waals surface area contributed by atoms with Crippen molar-refractivity contribution in [1.82, 2.24) is 9.80 Å². The number of carbonyl (C=O) groups is 1. The summed E-state index contributed by atoms with van der Waals surface area (Å²) >= 11 is 0. The van der Waals surface area contributed by atoms with Crippen LogP contribution in [0.4, 0.5) is 0 Å². The molecule has 3 nitrogen and oxygen atoms in total. The molecular weight excluding hydrogens is 176 g/mol. The van der Waals surface area contributed by atoms with Gasteiger partial charge in [0.25, 0.3) is 0 Å². The molecule has 1 amide bonds. The van der Waals surface area contributed by atoms with E-state index in [2.05, 4.69) is 11.9 Å². The minimum Gasteiger partial charge on any atom is -0.341 e. The maximum absolute atomic E-state index is 12.0. The van der Waals surface area contributed by atoms with Crippen LogP contribution in [0.25, 0.3) is 0 Å². The number of rotatable bonds is 0. The summed E-state index contributed by atoms with van der Waals surface area (Å²) in [5.74, 6) is 0.285. The van der Waals surface area contributed by atoms with Crippen LogP contribution in [-0.2, 0) is 4.79 Å². The Morgan fingerprint density at radius 2 is 1.71 bits per heavy atom. The second kappa shape index (κ2) is 4.30. The third kappa shape index (κ3) is 2.98. The van der Waals surface area contributed by atoms with Gasteiger partial charge < -0.3 is 9.80 Å². The Balaban J connectivity index is 2.56. The van der Waals surface area contributed by atoms with E-state index in [0.717, 1.165) is 32.6 Å². The zero-order valence-electron chi connectivity index (χ0n) is 9.84. The largest absolute Gasteiger partial charge is 0.341 e. The lowest BCUT2D eigenvalue weighted by Gasteiger charge is -2.28. The highest BCUT2D eigenvalue weighted by Crippen LogP contribution is 2.18. The Morgan fingerprint density at radius 3 is 2.29 bits per heavy atom. The molecule has 3 heteroatoms. The van der Waals surface area contributed by atoms with Crippen LogP contribution in [0.15, 0.2) is 0 Å². The number of nitrogens with zero attached hydrogens (tertiary/aromatic N) is 2. The van der Waals surface area contributed by atoms with Crippen molar-refractivity contribution >= 4 is 5.91 Å². The second-order valence-corrected chi connectivity index (χ2v) is 5.20. The molecule has 1 aliphatic heterocycles. The van der Waals surface area contributed by atoms with Gasteiger partial charge in [0.2, 0.25) is 5.91 Å². The third-order valence-corrected chi connectivity index (χ3v) is 2.65. The van der Waals surface area contributed by atoms with Crippen LogP contribution in [0, 0.1) is 5.41 Å². The highest BCUT2D eigenvalue weighted by Gasteiger charge is 2.27. The fourth-order valence-corrected chi connectivity index (χ4v) is 1.72. The van der Waals surface area contributed by atoms with E-state index in [1.54, 1.807) is 0 Å². The lowest BCUT2D eigenvalue weighted by atomic mass is 9.94. The molecule has 1 fully saturated rings. The molecule has 0 aromatic carbocycles. The standard InChI is InChI=1S/C11H22N2O/c1-11(2,3)10(14)13-7-5-6-12(4)8-9-13/h5-9H2,1-4H3. The predicted molar refractivity (Wildman–Crippen MR) is 58.1 cm³/mol. The number of hydrogen-bond donors (Lipinski definition) is 0. The van der Waals surface area contributed by atoms with Gasteiger partial charge in [0, 0.05) is 25.0 Å². The van der Waals surface area contributed by atoms with Crippen molar-refractivity contribution in [2.45, 2.75) is 27.2 Å². The van der Waals surface area contributed by atoms with Crippen molar-refractivity contribution in [3.63, 3.8) is 0 Å². The minimum atomic E-state index is -0.233. The maximum Gasteiger partial charge on any atom is 0.227 e. The Morgan fingerprint density at radius 1 is 1.07 bits per heavy atom. The molecule has 0 N–H and O–H groups in total. The van der Waals surface area contributed by atoms with Crippen molar-refractivity contribution < 1.29 is 4.79 Å². The molecule has 0 spiro atoms. The van der Waals surface area contributed by atoms with E-state index in [-0.39, 0.29) is 11.3 Å². The fraction of sp³-hybridized carbons (Fsp3) is 0.909. The average molecular weight is 198 g/mol. The second-order valence-electron chi connectivity index (χ2n) is 5.20.